The van der Waals surface area contributed by atoms with E-state index in [0.717, 1.165) is 5.92 Å². The van der Waals surface area contributed by atoms with Gasteiger partial charge < -0.3 is 5.32 Å². The molecule has 0 spiro atoms. The highest BCUT2D eigenvalue weighted by Crippen LogP contribution is 2.33. The van der Waals surface area contributed by atoms with Crippen molar-refractivity contribution in [3.8, 4) is 0 Å². The van der Waals surface area contributed by atoms with Gasteiger partial charge in [-0.2, -0.15) is 0 Å². The molecule has 2 atom stereocenters. The minimum Gasteiger partial charge on any atom is -0.310 e. The molecule has 1 fully saturated rings. The summed E-state index contributed by atoms with van der Waals surface area (Å²) in [6.45, 7) is 1.19. The number of fused-ring (bicyclic) bond motifs is 1. The Kier molecular flexibility index (Phi) is 2.29. The summed E-state index contributed by atoms with van der Waals surface area (Å²) in [5.41, 5.74) is 2.77. The number of allylic oxidation sites excluding steroid dienone is 1. The lowest BCUT2D eigenvalue weighted by atomic mass is 9.84. The molecular formula is C13H16N2. The van der Waals surface area contributed by atoms with Gasteiger partial charge in [0.1, 0.15) is 0 Å². The molecule has 2 nitrogen and oxygen atoms in total. The normalized spacial score (nSPS) is 29.7. The second kappa shape index (κ2) is 3.78. The third-order valence-electron chi connectivity index (χ3n) is 3.60. The Labute approximate surface area is 90.4 Å². The summed E-state index contributed by atoms with van der Waals surface area (Å²) in [5.74, 6) is 0.880. The van der Waals surface area contributed by atoms with E-state index in [1.54, 1.807) is 0 Å². The van der Waals surface area contributed by atoms with Crippen molar-refractivity contribution in [3.05, 3.63) is 36.2 Å². The smallest absolute Gasteiger partial charge is 0.0342 e. The average Bonchev–Trinajstić information content (AvgIpc) is 2.77. The van der Waals surface area contributed by atoms with Gasteiger partial charge in [0.25, 0.3) is 0 Å². The second-order valence-electron chi connectivity index (χ2n) is 4.50. The molecule has 0 aromatic carbocycles. The zero-order valence-electron chi connectivity index (χ0n) is 8.82. The molecule has 78 valence electrons. The van der Waals surface area contributed by atoms with Gasteiger partial charge in [-0.3, -0.25) is 4.98 Å². The Bertz CT molecular complexity index is 369. The van der Waals surface area contributed by atoms with Crippen molar-refractivity contribution < 1.29 is 0 Å². The number of pyridine rings is 1. The predicted molar refractivity (Wildman–Crippen MR) is 61.3 cm³/mol. The molecule has 15 heavy (non-hydrogen) atoms. The van der Waals surface area contributed by atoms with Crippen molar-refractivity contribution in [2.24, 2.45) is 5.92 Å². The molecule has 2 heterocycles. The van der Waals surface area contributed by atoms with Crippen molar-refractivity contribution in [2.75, 3.05) is 6.54 Å². The van der Waals surface area contributed by atoms with Gasteiger partial charge in [0.2, 0.25) is 0 Å². The van der Waals surface area contributed by atoms with Crippen LogP contribution >= 0.6 is 0 Å². The lowest BCUT2D eigenvalue weighted by Crippen LogP contribution is -2.27. The van der Waals surface area contributed by atoms with Crippen molar-refractivity contribution in [3.63, 3.8) is 0 Å². The summed E-state index contributed by atoms with van der Waals surface area (Å²) in [7, 11) is 0. The fraction of sp³-hybridized carbons (Fsp3) is 0.462. The first-order chi connectivity index (χ1) is 7.43. The van der Waals surface area contributed by atoms with Gasteiger partial charge in [0.15, 0.2) is 0 Å². The van der Waals surface area contributed by atoms with E-state index in [9.17, 15) is 0 Å². The molecule has 0 amide bonds. The molecule has 0 unspecified atom stereocenters. The minimum atomic E-state index is 0.619. The average molecular weight is 200 g/mol. The van der Waals surface area contributed by atoms with E-state index in [4.69, 9.17) is 0 Å². The molecule has 0 radical (unpaired) electrons. The molecule has 0 saturated carbocycles. The molecule has 1 aliphatic carbocycles. The van der Waals surface area contributed by atoms with Gasteiger partial charge in [0, 0.05) is 18.4 Å². The van der Waals surface area contributed by atoms with Gasteiger partial charge in [-0.1, -0.05) is 12.1 Å². The van der Waals surface area contributed by atoms with Crippen LogP contribution in [0, 0.1) is 5.92 Å². The van der Waals surface area contributed by atoms with Crippen LogP contribution in [0.3, 0.4) is 0 Å². The Balaban J connectivity index is 1.88. The van der Waals surface area contributed by atoms with Gasteiger partial charge in [-0.15, -0.1) is 0 Å². The van der Waals surface area contributed by atoms with Crippen LogP contribution in [0.1, 0.15) is 24.8 Å². The number of rotatable bonds is 1. The van der Waals surface area contributed by atoms with E-state index in [2.05, 4.69) is 22.4 Å². The maximum absolute atomic E-state index is 4.18. The summed E-state index contributed by atoms with van der Waals surface area (Å²) in [5, 5.41) is 3.56. The molecule has 1 aliphatic heterocycles. The van der Waals surface area contributed by atoms with Crippen molar-refractivity contribution in [2.45, 2.75) is 25.3 Å². The van der Waals surface area contributed by atoms with Crippen LogP contribution in [0.15, 0.2) is 30.6 Å². The zero-order chi connectivity index (χ0) is 10.1. The number of hydrogen-bond acceptors (Lipinski definition) is 2. The highest BCUT2D eigenvalue weighted by Gasteiger charge is 2.28. The third kappa shape index (κ3) is 1.70. The SMILES string of the molecule is C1=C(c2cccnc2)CC[C@@H]2CCN[C@H]12. The Morgan fingerprint density at radius 1 is 1.33 bits per heavy atom. The Morgan fingerprint density at radius 2 is 2.33 bits per heavy atom. The fourth-order valence-electron chi connectivity index (χ4n) is 2.73. The predicted octanol–water partition coefficient (Wildman–Crippen LogP) is 2.24. The van der Waals surface area contributed by atoms with Gasteiger partial charge in [-0.25, -0.2) is 0 Å². The molecule has 1 aromatic heterocycles. The molecule has 1 N–H and O–H groups in total. The summed E-state index contributed by atoms with van der Waals surface area (Å²) >= 11 is 0. The molecule has 1 saturated heterocycles. The van der Waals surface area contributed by atoms with Crippen LogP contribution < -0.4 is 5.32 Å². The van der Waals surface area contributed by atoms with E-state index in [-0.39, 0.29) is 0 Å². The third-order valence-corrected chi connectivity index (χ3v) is 3.60. The Morgan fingerprint density at radius 3 is 3.20 bits per heavy atom. The van der Waals surface area contributed by atoms with E-state index >= 15 is 0 Å². The molecule has 1 aromatic rings. The van der Waals surface area contributed by atoms with Crippen LogP contribution in [0.5, 0.6) is 0 Å². The molecule has 2 aliphatic rings. The fourth-order valence-corrected chi connectivity index (χ4v) is 2.73. The first-order valence-electron chi connectivity index (χ1n) is 5.78. The second-order valence-corrected chi connectivity index (χ2v) is 4.50. The Hall–Kier alpha value is -1.15. The summed E-state index contributed by atoms with van der Waals surface area (Å²) < 4.78 is 0. The van der Waals surface area contributed by atoms with E-state index in [1.807, 2.05) is 18.5 Å². The molecule has 2 heteroatoms. The molecule has 0 bridgehead atoms. The standard InChI is InChI=1S/C13H16N2/c1-2-12(9-14-6-1)11-4-3-10-5-7-15-13(10)8-11/h1-2,6,8-10,13,15H,3-5,7H2/t10-,13-/m1/s1. The first kappa shape index (κ1) is 9.10. The maximum Gasteiger partial charge on any atom is 0.0342 e. The van der Waals surface area contributed by atoms with Gasteiger partial charge >= 0.3 is 0 Å². The monoisotopic (exact) mass is 200 g/mol. The van der Waals surface area contributed by atoms with Crippen molar-refractivity contribution >= 4 is 5.57 Å². The lowest BCUT2D eigenvalue weighted by Gasteiger charge is -2.24. The number of hydrogen-bond donors (Lipinski definition) is 1. The number of aromatic nitrogens is 1. The van der Waals surface area contributed by atoms with Crippen LogP contribution in [0.4, 0.5) is 0 Å². The maximum atomic E-state index is 4.18. The molecular weight excluding hydrogens is 184 g/mol. The molecule has 3 rings (SSSR count). The minimum absolute atomic E-state index is 0.619. The van der Waals surface area contributed by atoms with Gasteiger partial charge in [0.05, 0.1) is 0 Å². The van der Waals surface area contributed by atoms with Crippen LogP contribution in [0.2, 0.25) is 0 Å². The quantitative estimate of drug-likeness (QED) is 0.752. The zero-order valence-corrected chi connectivity index (χ0v) is 8.82. The largest absolute Gasteiger partial charge is 0.310 e. The van der Waals surface area contributed by atoms with Crippen LogP contribution in [-0.2, 0) is 0 Å². The first-order valence-corrected chi connectivity index (χ1v) is 5.78. The van der Waals surface area contributed by atoms with Crippen molar-refractivity contribution in [1.82, 2.24) is 10.3 Å². The topological polar surface area (TPSA) is 24.9 Å². The van der Waals surface area contributed by atoms with E-state index < -0.39 is 0 Å². The highest BCUT2D eigenvalue weighted by atomic mass is 14.9. The van der Waals surface area contributed by atoms with Crippen molar-refractivity contribution in [1.29, 1.82) is 0 Å². The van der Waals surface area contributed by atoms with Crippen LogP contribution in [-0.4, -0.2) is 17.6 Å². The number of nitrogens with zero attached hydrogens (tertiary/aromatic N) is 1. The van der Waals surface area contributed by atoms with E-state index in [1.165, 1.54) is 36.9 Å². The van der Waals surface area contributed by atoms with Gasteiger partial charge in [-0.05, 0) is 48.9 Å². The summed E-state index contributed by atoms with van der Waals surface area (Å²) in [6.07, 6.45) is 10.1. The number of nitrogens with one attached hydrogen (secondary N) is 1. The van der Waals surface area contributed by atoms with E-state index in [0.29, 0.717) is 6.04 Å². The summed E-state index contributed by atoms with van der Waals surface area (Å²) in [6, 6.07) is 4.80. The highest BCUT2D eigenvalue weighted by molar-refractivity contribution is 5.66. The van der Waals surface area contributed by atoms with Crippen LogP contribution in [0.25, 0.3) is 5.57 Å². The lowest BCUT2D eigenvalue weighted by molar-refractivity contribution is 0.465. The summed E-state index contributed by atoms with van der Waals surface area (Å²) in [4.78, 5) is 4.18.